The van der Waals surface area contributed by atoms with Crippen molar-refractivity contribution in [2.24, 2.45) is 0 Å². The van der Waals surface area contributed by atoms with Gasteiger partial charge in [0.1, 0.15) is 18.2 Å². The van der Waals surface area contributed by atoms with E-state index >= 15 is 0 Å². The quantitative estimate of drug-likeness (QED) is 0.612. The summed E-state index contributed by atoms with van der Waals surface area (Å²) in [6.45, 7) is 3.34. The molecule has 21 heavy (non-hydrogen) atoms. The molecule has 0 unspecified atom stereocenters. The van der Waals surface area contributed by atoms with Gasteiger partial charge < -0.3 is 4.74 Å². The maximum atomic E-state index is 13.0. The molecule has 1 heterocycles. The maximum absolute atomic E-state index is 13.0. The summed E-state index contributed by atoms with van der Waals surface area (Å²) in [6, 6.07) is 4.04. The molecule has 1 aromatic carbocycles. The molecular weight excluding hydrogens is 343 g/mol. The normalized spacial score (nSPS) is 10.5. The van der Waals surface area contributed by atoms with Crippen LogP contribution in [0.25, 0.3) is 0 Å². The van der Waals surface area contributed by atoms with E-state index < -0.39 is 4.92 Å². The molecule has 1 aromatic heterocycles. The molecule has 0 saturated carbocycles. The van der Waals surface area contributed by atoms with E-state index in [1.54, 1.807) is 13.8 Å². The van der Waals surface area contributed by atoms with Crippen LogP contribution in [-0.4, -0.2) is 9.91 Å². The van der Waals surface area contributed by atoms with Crippen LogP contribution in [0.3, 0.4) is 0 Å². The maximum Gasteiger partial charge on any atom is 0.278 e. The summed E-state index contributed by atoms with van der Waals surface area (Å²) in [7, 11) is 0. The van der Waals surface area contributed by atoms with Gasteiger partial charge in [0.25, 0.3) is 5.69 Å². The van der Waals surface area contributed by atoms with Crippen molar-refractivity contribution >= 4 is 21.6 Å². The smallest absolute Gasteiger partial charge is 0.278 e. The summed E-state index contributed by atoms with van der Waals surface area (Å²) in [5, 5.41) is 11.0. The lowest BCUT2D eigenvalue weighted by Crippen LogP contribution is -2.05. The molecule has 2 aromatic rings. The molecule has 0 saturated heterocycles. The lowest BCUT2D eigenvalue weighted by molar-refractivity contribution is -0.386. The molecular formula is C14H12BrFN2O3. The molecule has 0 radical (unpaired) electrons. The first-order valence-corrected chi connectivity index (χ1v) is 6.86. The van der Waals surface area contributed by atoms with Crippen LogP contribution in [0.2, 0.25) is 0 Å². The van der Waals surface area contributed by atoms with Crippen LogP contribution in [0.5, 0.6) is 5.75 Å². The van der Waals surface area contributed by atoms with Crippen molar-refractivity contribution in [3.8, 4) is 5.75 Å². The zero-order valence-corrected chi connectivity index (χ0v) is 13.0. The van der Waals surface area contributed by atoms with Crippen molar-refractivity contribution < 1.29 is 14.1 Å². The number of hydrogen-bond donors (Lipinski definition) is 0. The summed E-state index contributed by atoms with van der Waals surface area (Å²) in [5.74, 6) is 0.0651. The molecule has 0 aliphatic carbocycles. The highest BCUT2D eigenvalue weighted by Gasteiger charge is 2.19. The van der Waals surface area contributed by atoms with E-state index in [2.05, 4.69) is 20.9 Å². The Morgan fingerprint density at radius 1 is 1.43 bits per heavy atom. The highest BCUT2D eigenvalue weighted by Crippen LogP contribution is 2.28. The molecule has 0 fully saturated rings. The third kappa shape index (κ3) is 3.36. The summed E-state index contributed by atoms with van der Waals surface area (Å²) in [6.07, 6.45) is 1.45. The van der Waals surface area contributed by atoms with Gasteiger partial charge in [-0.25, -0.2) is 4.39 Å². The summed E-state index contributed by atoms with van der Waals surface area (Å²) < 4.78 is 19.0. The number of pyridine rings is 1. The fourth-order valence-electron chi connectivity index (χ4n) is 1.93. The summed E-state index contributed by atoms with van der Waals surface area (Å²) in [5.41, 5.74) is 1.49. The Morgan fingerprint density at radius 3 is 2.76 bits per heavy atom. The van der Waals surface area contributed by atoms with Crippen molar-refractivity contribution in [1.82, 2.24) is 4.98 Å². The van der Waals surface area contributed by atoms with Gasteiger partial charge in [0.2, 0.25) is 0 Å². The Kier molecular flexibility index (Phi) is 4.52. The van der Waals surface area contributed by atoms with Gasteiger partial charge in [0.05, 0.1) is 20.7 Å². The third-order valence-electron chi connectivity index (χ3n) is 3.02. The highest BCUT2D eigenvalue weighted by molar-refractivity contribution is 9.10. The van der Waals surface area contributed by atoms with E-state index in [-0.39, 0.29) is 18.1 Å². The van der Waals surface area contributed by atoms with Crippen LogP contribution in [0, 0.1) is 29.8 Å². The predicted octanol–water partition coefficient (Wildman–Crippen LogP) is 4.09. The molecule has 0 amide bonds. The van der Waals surface area contributed by atoms with Gasteiger partial charge >= 0.3 is 0 Å². The number of benzene rings is 1. The van der Waals surface area contributed by atoms with E-state index in [1.165, 1.54) is 24.4 Å². The van der Waals surface area contributed by atoms with E-state index in [0.29, 0.717) is 27.0 Å². The molecule has 0 spiro atoms. The minimum Gasteiger partial charge on any atom is -0.486 e. The number of rotatable bonds is 4. The number of hydrogen-bond acceptors (Lipinski definition) is 4. The predicted molar refractivity (Wildman–Crippen MR) is 78.8 cm³/mol. The lowest BCUT2D eigenvalue weighted by atomic mass is 10.1. The Hall–Kier alpha value is -2.02. The second kappa shape index (κ2) is 6.17. The van der Waals surface area contributed by atoms with Crippen molar-refractivity contribution in [3.05, 3.63) is 61.6 Å². The molecule has 110 valence electrons. The average molecular weight is 355 g/mol. The van der Waals surface area contributed by atoms with Crippen LogP contribution in [0.4, 0.5) is 10.1 Å². The second-order valence-electron chi connectivity index (χ2n) is 4.48. The summed E-state index contributed by atoms with van der Waals surface area (Å²) >= 11 is 3.19. The fraction of sp³-hybridized carbons (Fsp3) is 0.214. The first kappa shape index (κ1) is 15.4. The number of aromatic nitrogens is 1. The van der Waals surface area contributed by atoms with Crippen LogP contribution < -0.4 is 4.74 Å². The zero-order chi connectivity index (χ0) is 15.6. The van der Waals surface area contributed by atoms with Gasteiger partial charge in [-0.3, -0.25) is 15.1 Å². The highest BCUT2D eigenvalue weighted by atomic mass is 79.9. The van der Waals surface area contributed by atoms with E-state index in [0.717, 1.165) is 0 Å². The standard InChI is InChI=1S/C14H12BrFN2O3/c1-8-6-17-12(9(2)14(8)18(19)20)7-21-13-4-3-10(16)5-11(13)15/h3-6H,7H2,1-2H3. The van der Waals surface area contributed by atoms with Crippen LogP contribution in [-0.2, 0) is 6.61 Å². The van der Waals surface area contributed by atoms with E-state index in [9.17, 15) is 14.5 Å². The Bertz CT molecular complexity index is 707. The number of aryl methyl sites for hydroxylation is 1. The largest absolute Gasteiger partial charge is 0.486 e. The van der Waals surface area contributed by atoms with Crippen molar-refractivity contribution in [2.75, 3.05) is 0 Å². The SMILES string of the molecule is Cc1cnc(COc2ccc(F)cc2Br)c(C)c1[N+](=O)[O-]. The number of halogens is 2. The lowest BCUT2D eigenvalue weighted by Gasteiger charge is -2.10. The average Bonchev–Trinajstić information content (AvgIpc) is 2.39. The monoisotopic (exact) mass is 354 g/mol. The molecule has 2 rings (SSSR count). The molecule has 0 aliphatic rings. The van der Waals surface area contributed by atoms with Gasteiger partial charge in [-0.2, -0.15) is 0 Å². The molecule has 7 heteroatoms. The Labute approximate surface area is 129 Å². The molecule has 0 atom stereocenters. The van der Waals surface area contributed by atoms with Gasteiger partial charge in [0, 0.05) is 11.8 Å². The van der Waals surface area contributed by atoms with E-state index in [1.807, 2.05) is 0 Å². The number of nitro groups is 1. The topological polar surface area (TPSA) is 65.3 Å². The summed E-state index contributed by atoms with van der Waals surface area (Å²) in [4.78, 5) is 14.8. The minimum atomic E-state index is -0.427. The first-order valence-electron chi connectivity index (χ1n) is 6.07. The molecule has 0 bridgehead atoms. The Morgan fingerprint density at radius 2 is 2.14 bits per heavy atom. The number of nitrogens with zero attached hydrogens (tertiary/aromatic N) is 2. The first-order chi connectivity index (χ1) is 9.90. The molecule has 0 N–H and O–H groups in total. The van der Waals surface area contributed by atoms with Crippen LogP contribution >= 0.6 is 15.9 Å². The van der Waals surface area contributed by atoms with Crippen molar-refractivity contribution in [2.45, 2.75) is 20.5 Å². The minimum absolute atomic E-state index is 0.0433. The van der Waals surface area contributed by atoms with Gasteiger partial charge in [0.15, 0.2) is 0 Å². The van der Waals surface area contributed by atoms with Crippen LogP contribution in [0.1, 0.15) is 16.8 Å². The Balaban J connectivity index is 2.24. The van der Waals surface area contributed by atoms with E-state index in [4.69, 9.17) is 4.74 Å². The van der Waals surface area contributed by atoms with Gasteiger partial charge in [-0.1, -0.05) is 0 Å². The van der Waals surface area contributed by atoms with Crippen molar-refractivity contribution in [1.29, 1.82) is 0 Å². The third-order valence-corrected chi connectivity index (χ3v) is 3.64. The van der Waals surface area contributed by atoms with Crippen molar-refractivity contribution in [3.63, 3.8) is 0 Å². The van der Waals surface area contributed by atoms with Gasteiger partial charge in [-0.15, -0.1) is 0 Å². The second-order valence-corrected chi connectivity index (χ2v) is 5.34. The zero-order valence-electron chi connectivity index (χ0n) is 11.4. The van der Waals surface area contributed by atoms with Gasteiger partial charge in [-0.05, 0) is 48.0 Å². The molecule has 5 nitrogen and oxygen atoms in total. The molecule has 0 aliphatic heterocycles. The van der Waals surface area contributed by atoms with Crippen LogP contribution in [0.15, 0.2) is 28.9 Å². The number of ether oxygens (including phenoxy) is 1. The fourth-order valence-corrected chi connectivity index (χ4v) is 2.40.